The van der Waals surface area contributed by atoms with Crippen molar-refractivity contribution >= 4 is 117 Å². The molecule has 8 aromatic carbocycles. The van der Waals surface area contributed by atoms with Crippen molar-refractivity contribution in [1.82, 2.24) is 14.5 Å². The summed E-state index contributed by atoms with van der Waals surface area (Å²) in [6, 6.07) is 55.0. The number of nitrogens with zero attached hydrogens (tertiary/aromatic N) is 3. The van der Waals surface area contributed by atoms with Crippen molar-refractivity contribution in [3.05, 3.63) is 152 Å². The normalized spacial score (nSPS) is 12.3. The Morgan fingerprint density at radius 2 is 1.06 bits per heavy atom. The van der Waals surface area contributed by atoms with Gasteiger partial charge in [0, 0.05) is 62.8 Å². The highest BCUT2D eigenvalue weighted by Crippen LogP contribution is 2.49. The van der Waals surface area contributed by atoms with Gasteiger partial charge in [-0.25, -0.2) is 9.97 Å². The van der Waals surface area contributed by atoms with Crippen LogP contribution in [0.1, 0.15) is 0 Å². The molecule has 51 heavy (non-hydrogen) atoms. The van der Waals surface area contributed by atoms with Crippen molar-refractivity contribution in [2.45, 2.75) is 0 Å². The van der Waals surface area contributed by atoms with Crippen LogP contribution in [0.2, 0.25) is 0 Å². The molecular weight excluding hydrogens is 659 g/mol. The molecule has 0 N–H and O–H groups in total. The van der Waals surface area contributed by atoms with Gasteiger partial charge in [-0.2, -0.15) is 0 Å². The highest BCUT2D eigenvalue weighted by Gasteiger charge is 2.25. The van der Waals surface area contributed by atoms with Gasteiger partial charge < -0.3 is 0 Å². The van der Waals surface area contributed by atoms with Crippen LogP contribution in [-0.4, -0.2) is 14.5 Å². The second-order valence-corrected chi connectivity index (χ2v) is 15.4. The van der Waals surface area contributed by atoms with Crippen LogP contribution in [0.3, 0.4) is 0 Å². The van der Waals surface area contributed by atoms with Crippen LogP contribution in [0.4, 0.5) is 0 Å². The summed E-state index contributed by atoms with van der Waals surface area (Å²) in [5.74, 6) is 0.685. The van der Waals surface area contributed by atoms with Gasteiger partial charge >= 0.3 is 0 Å². The van der Waals surface area contributed by atoms with E-state index in [-0.39, 0.29) is 0 Å². The number of fused-ring (bicyclic) bond motifs is 16. The number of rotatable bonds is 2. The SMILES string of the molecule is c1ccc2c(c1)ccc1c3c4ccccc4c4c5ccccc5sc4c3n(-c3nc(-c4ccc5sc6ccccc6c5c4)c4ccccc4n3)c21. The highest BCUT2D eigenvalue weighted by molar-refractivity contribution is 7.27. The molecule has 0 bridgehead atoms. The number of para-hydroxylation sites is 1. The molecule has 0 aliphatic rings. The van der Waals surface area contributed by atoms with E-state index in [9.17, 15) is 0 Å². The van der Waals surface area contributed by atoms with E-state index < -0.39 is 0 Å². The molecule has 0 spiro atoms. The van der Waals surface area contributed by atoms with E-state index in [1.54, 1.807) is 0 Å². The fourth-order valence-corrected chi connectivity index (χ4v) is 10.7. The standard InChI is InChI=1S/C46H25N3S2/c1-2-12-28-26(11-1)21-23-34-40-30-14-3-4-15-31(30)41-33-17-7-10-20-38(33)51-45(41)44(40)49(43(28)34)46-47-36-18-8-5-16-32(36)42(48-46)27-22-24-39-35(25-27)29-13-6-9-19-37(29)50-39/h1-25H. The van der Waals surface area contributed by atoms with Crippen LogP contribution in [-0.2, 0) is 0 Å². The van der Waals surface area contributed by atoms with E-state index in [4.69, 9.17) is 9.97 Å². The molecule has 0 atom stereocenters. The van der Waals surface area contributed by atoms with Crippen molar-refractivity contribution < 1.29 is 0 Å². The van der Waals surface area contributed by atoms with E-state index in [0.717, 1.165) is 33.2 Å². The maximum atomic E-state index is 5.59. The molecule has 0 aliphatic carbocycles. The van der Waals surface area contributed by atoms with E-state index in [1.807, 2.05) is 22.7 Å². The van der Waals surface area contributed by atoms with E-state index in [2.05, 4.69) is 156 Å². The van der Waals surface area contributed by atoms with Gasteiger partial charge in [-0.15, -0.1) is 22.7 Å². The van der Waals surface area contributed by atoms with Crippen LogP contribution in [0, 0.1) is 0 Å². The Morgan fingerprint density at radius 3 is 1.90 bits per heavy atom. The third kappa shape index (κ3) is 3.77. The van der Waals surface area contributed by atoms with Gasteiger partial charge in [0.1, 0.15) is 0 Å². The van der Waals surface area contributed by atoms with Crippen molar-refractivity contribution in [3.63, 3.8) is 0 Å². The maximum absolute atomic E-state index is 5.59. The molecule has 12 aromatic rings. The first-order valence-corrected chi connectivity index (χ1v) is 18.8. The zero-order valence-electron chi connectivity index (χ0n) is 27.1. The van der Waals surface area contributed by atoms with Crippen LogP contribution in [0.5, 0.6) is 0 Å². The molecule has 0 fully saturated rings. The monoisotopic (exact) mass is 683 g/mol. The average molecular weight is 684 g/mol. The van der Waals surface area contributed by atoms with Gasteiger partial charge in [0.2, 0.25) is 5.95 Å². The summed E-state index contributed by atoms with van der Waals surface area (Å²) in [5.41, 5.74) is 5.26. The van der Waals surface area contributed by atoms with E-state index in [0.29, 0.717) is 5.95 Å². The molecule has 12 rings (SSSR count). The first kappa shape index (κ1) is 27.7. The second-order valence-electron chi connectivity index (χ2n) is 13.3. The molecule has 0 aliphatic heterocycles. The zero-order valence-corrected chi connectivity index (χ0v) is 28.7. The average Bonchev–Trinajstić information content (AvgIpc) is 3.87. The fraction of sp³-hybridized carbons (Fsp3) is 0. The van der Waals surface area contributed by atoms with Gasteiger partial charge in [-0.1, -0.05) is 121 Å². The molecule has 4 heterocycles. The summed E-state index contributed by atoms with van der Waals surface area (Å²) in [6.07, 6.45) is 0. The van der Waals surface area contributed by atoms with E-state index in [1.165, 1.54) is 72.7 Å². The Morgan fingerprint density at radius 1 is 0.412 bits per heavy atom. The Bertz CT molecular complexity index is 3440. The van der Waals surface area contributed by atoms with Crippen molar-refractivity contribution in [1.29, 1.82) is 0 Å². The fourth-order valence-electron chi connectivity index (χ4n) is 8.39. The lowest BCUT2D eigenvalue weighted by molar-refractivity contribution is 1.02. The van der Waals surface area contributed by atoms with Gasteiger partial charge in [-0.3, -0.25) is 4.57 Å². The molecule has 0 saturated heterocycles. The first-order chi connectivity index (χ1) is 25.3. The highest BCUT2D eigenvalue weighted by atomic mass is 32.1. The summed E-state index contributed by atoms with van der Waals surface area (Å²) in [4.78, 5) is 11.0. The number of aromatic nitrogens is 3. The topological polar surface area (TPSA) is 30.7 Å². The third-order valence-corrected chi connectivity index (χ3v) is 12.9. The Hall–Kier alpha value is -6.14. The molecule has 0 radical (unpaired) electrons. The number of benzene rings is 8. The molecule has 0 saturated carbocycles. The minimum absolute atomic E-state index is 0.685. The lowest BCUT2D eigenvalue weighted by Crippen LogP contribution is -2.04. The van der Waals surface area contributed by atoms with Crippen molar-refractivity contribution in [2.24, 2.45) is 0 Å². The molecule has 3 nitrogen and oxygen atoms in total. The molecule has 0 amide bonds. The first-order valence-electron chi connectivity index (χ1n) is 17.2. The molecular formula is C46H25N3S2. The summed E-state index contributed by atoms with van der Waals surface area (Å²) < 4.78 is 7.50. The lowest BCUT2D eigenvalue weighted by Gasteiger charge is -2.13. The van der Waals surface area contributed by atoms with Gasteiger partial charge in [0.05, 0.1) is 26.9 Å². The largest absolute Gasteiger partial charge is 0.276 e. The van der Waals surface area contributed by atoms with Crippen LogP contribution in [0.25, 0.3) is 112 Å². The van der Waals surface area contributed by atoms with Crippen LogP contribution >= 0.6 is 22.7 Å². The van der Waals surface area contributed by atoms with Crippen LogP contribution < -0.4 is 0 Å². The molecule has 5 heteroatoms. The molecule has 236 valence electrons. The summed E-state index contributed by atoms with van der Waals surface area (Å²) in [5, 5.41) is 13.5. The Labute approximate surface area is 299 Å². The lowest BCUT2D eigenvalue weighted by atomic mass is 9.98. The second kappa shape index (κ2) is 10.2. The summed E-state index contributed by atoms with van der Waals surface area (Å²) in [6.45, 7) is 0. The predicted octanol–water partition coefficient (Wildman–Crippen LogP) is 13.4. The number of hydrogen-bond donors (Lipinski definition) is 0. The minimum atomic E-state index is 0.685. The van der Waals surface area contributed by atoms with Crippen molar-refractivity contribution in [3.8, 4) is 17.2 Å². The number of thiophene rings is 2. The van der Waals surface area contributed by atoms with Gasteiger partial charge in [-0.05, 0) is 46.5 Å². The quantitative estimate of drug-likeness (QED) is 0.182. The predicted molar refractivity (Wildman–Crippen MR) is 220 cm³/mol. The van der Waals surface area contributed by atoms with Crippen molar-refractivity contribution in [2.75, 3.05) is 0 Å². The molecule has 4 aromatic heterocycles. The molecule has 0 unspecified atom stereocenters. The number of hydrogen-bond acceptors (Lipinski definition) is 4. The van der Waals surface area contributed by atoms with Gasteiger partial charge in [0.15, 0.2) is 0 Å². The third-order valence-electron chi connectivity index (χ3n) is 10.6. The van der Waals surface area contributed by atoms with Gasteiger partial charge in [0.25, 0.3) is 0 Å². The smallest absolute Gasteiger partial charge is 0.235 e. The Kier molecular flexibility index (Phi) is 5.53. The van der Waals surface area contributed by atoms with E-state index >= 15 is 0 Å². The van der Waals surface area contributed by atoms with Crippen LogP contribution in [0.15, 0.2) is 152 Å². The minimum Gasteiger partial charge on any atom is -0.276 e. The summed E-state index contributed by atoms with van der Waals surface area (Å²) >= 11 is 3.71. The summed E-state index contributed by atoms with van der Waals surface area (Å²) in [7, 11) is 0. The maximum Gasteiger partial charge on any atom is 0.235 e. The Balaban J connectivity index is 1.29. The zero-order chi connectivity index (χ0) is 33.2.